The minimum Gasteiger partial charge on any atom is -0.486 e. The van der Waals surface area contributed by atoms with Crippen LogP contribution in [0.2, 0.25) is 0 Å². The number of piperidine rings is 1. The first-order valence-corrected chi connectivity index (χ1v) is 8.42. The summed E-state index contributed by atoms with van der Waals surface area (Å²) >= 11 is 0. The van der Waals surface area contributed by atoms with Crippen LogP contribution in [0, 0.1) is 0 Å². The second-order valence-electron chi connectivity index (χ2n) is 6.57. The van der Waals surface area contributed by atoms with Gasteiger partial charge in [0.15, 0.2) is 0 Å². The van der Waals surface area contributed by atoms with Crippen molar-refractivity contribution in [1.29, 1.82) is 0 Å². The molecule has 4 rings (SSSR count). The summed E-state index contributed by atoms with van der Waals surface area (Å²) in [4.78, 5) is 6.82. The Morgan fingerprint density at radius 2 is 1.91 bits per heavy atom. The standard InChI is InChI=1S/C20H22N2O/c1-2-13-21-18(4-1)8-5-17-6-9-19(10-7-17)23-20-11-3-14-22(16-20)15-12-20/h1-2,4-10,13H,3,11-12,14-16H2/b8-5+. The SMILES string of the molecule is C(=C\c1ccccn1)/c1ccc(OC23CCCN(CC2)C3)cc1. The quantitative estimate of drug-likeness (QED) is 0.857. The number of hydrogen-bond acceptors (Lipinski definition) is 3. The number of rotatable bonds is 4. The molecule has 3 heteroatoms. The third-order valence-corrected chi connectivity index (χ3v) is 4.85. The molecule has 0 saturated carbocycles. The van der Waals surface area contributed by atoms with Crippen LogP contribution in [0.1, 0.15) is 30.5 Å². The van der Waals surface area contributed by atoms with Gasteiger partial charge in [-0.05, 0) is 55.3 Å². The van der Waals surface area contributed by atoms with E-state index in [0.29, 0.717) is 0 Å². The lowest BCUT2D eigenvalue weighted by molar-refractivity contribution is 0.0453. The topological polar surface area (TPSA) is 25.4 Å². The molecule has 0 radical (unpaired) electrons. The fourth-order valence-electron chi connectivity index (χ4n) is 3.63. The van der Waals surface area contributed by atoms with Crippen molar-refractivity contribution >= 4 is 12.2 Å². The van der Waals surface area contributed by atoms with Crippen molar-refractivity contribution in [2.24, 2.45) is 0 Å². The smallest absolute Gasteiger partial charge is 0.123 e. The highest BCUT2D eigenvalue weighted by atomic mass is 16.5. The van der Waals surface area contributed by atoms with E-state index in [1.807, 2.05) is 30.5 Å². The van der Waals surface area contributed by atoms with E-state index in [-0.39, 0.29) is 5.60 Å². The predicted molar refractivity (Wildman–Crippen MR) is 93.3 cm³/mol. The van der Waals surface area contributed by atoms with Crippen LogP contribution in [0.3, 0.4) is 0 Å². The van der Waals surface area contributed by atoms with Gasteiger partial charge < -0.3 is 4.74 Å². The molecule has 2 aromatic rings. The van der Waals surface area contributed by atoms with E-state index >= 15 is 0 Å². The Balaban J connectivity index is 1.43. The molecule has 23 heavy (non-hydrogen) atoms. The van der Waals surface area contributed by atoms with Gasteiger partial charge in [0.2, 0.25) is 0 Å². The predicted octanol–water partition coefficient (Wildman–Crippen LogP) is 3.87. The van der Waals surface area contributed by atoms with Crippen LogP contribution in [0.25, 0.3) is 12.2 Å². The zero-order chi connectivity index (χ0) is 15.5. The average Bonchev–Trinajstić information content (AvgIpc) is 2.89. The Morgan fingerprint density at radius 1 is 1.00 bits per heavy atom. The fourth-order valence-corrected chi connectivity index (χ4v) is 3.63. The molecule has 2 aliphatic heterocycles. The summed E-state index contributed by atoms with van der Waals surface area (Å²) in [6.07, 6.45) is 9.53. The number of fused-ring (bicyclic) bond motifs is 2. The van der Waals surface area contributed by atoms with E-state index < -0.39 is 0 Å². The van der Waals surface area contributed by atoms with E-state index in [2.05, 4.69) is 40.2 Å². The molecule has 3 nitrogen and oxygen atoms in total. The Labute approximate surface area is 137 Å². The van der Waals surface area contributed by atoms with Crippen LogP contribution >= 0.6 is 0 Å². The van der Waals surface area contributed by atoms with Gasteiger partial charge in [0.05, 0.1) is 5.69 Å². The van der Waals surface area contributed by atoms with Gasteiger partial charge in [-0.3, -0.25) is 9.88 Å². The van der Waals surface area contributed by atoms with Crippen LogP contribution in [-0.4, -0.2) is 35.1 Å². The summed E-state index contributed by atoms with van der Waals surface area (Å²) in [5.74, 6) is 0.990. The molecule has 0 N–H and O–H groups in total. The second kappa shape index (κ2) is 6.17. The minimum atomic E-state index is 0.0591. The molecule has 1 aromatic heterocycles. The first kappa shape index (κ1) is 14.5. The van der Waals surface area contributed by atoms with E-state index in [1.54, 1.807) is 0 Å². The molecule has 2 unspecified atom stereocenters. The number of hydrogen-bond donors (Lipinski definition) is 0. The molecular formula is C20H22N2O. The molecule has 2 aliphatic rings. The Morgan fingerprint density at radius 3 is 2.74 bits per heavy atom. The minimum absolute atomic E-state index is 0.0591. The first-order chi connectivity index (χ1) is 11.3. The van der Waals surface area contributed by atoms with E-state index in [9.17, 15) is 0 Å². The van der Waals surface area contributed by atoms with Gasteiger partial charge in [-0.15, -0.1) is 0 Å². The molecule has 2 bridgehead atoms. The normalized spacial score (nSPS) is 26.5. The Kier molecular flexibility index (Phi) is 3.88. The lowest BCUT2D eigenvalue weighted by Gasteiger charge is -2.34. The summed E-state index contributed by atoms with van der Waals surface area (Å²) in [5, 5.41) is 0. The maximum Gasteiger partial charge on any atom is 0.123 e. The highest BCUT2D eigenvalue weighted by molar-refractivity contribution is 5.68. The summed E-state index contributed by atoms with van der Waals surface area (Å²) in [6.45, 7) is 3.52. The van der Waals surface area contributed by atoms with Gasteiger partial charge in [0.1, 0.15) is 11.4 Å². The monoisotopic (exact) mass is 306 g/mol. The molecular weight excluding hydrogens is 284 g/mol. The number of pyridine rings is 1. The molecule has 2 atom stereocenters. The van der Waals surface area contributed by atoms with Gasteiger partial charge >= 0.3 is 0 Å². The summed E-state index contributed by atoms with van der Waals surface area (Å²) in [7, 11) is 0. The zero-order valence-corrected chi connectivity index (χ0v) is 13.3. The molecule has 1 aromatic carbocycles. The highest BCUT2D eigenvalue weighted by Crippen LogP contribution is 2.35. The van der Waals surface area contributed by atoms with Crippen molar-refractivity contribution < 1.29 is 4.74 Å². The van der Waals surface area contributed by atoms with Crippen molar-refractivity contribution in [3.63, 3.8) is 0 Å². The Bertz CT molecular complexity index is 677. The maximum atomic E-state index is 6.37. The molecule has 0 aliphatic carbocycles. The summed E-state index contributed by atoms with van der Waals surface area (Å²) in [5.41, 5.74) is 2.20. The number of ether oxygens (including phenoxy) is 1. The van der Waals surface area contributed by atoms with Gasteiger partial charge in [0.25, 0.3) is 0 Å². The van der Waals surface area contributed by atoms with Crippen LogP contribution < -0.4 is 4.74 Å². The lowest BCUT2D eigenvalue weighted by atomic mass is 9.94. The second-order valence-corrected chi connectivity index (χ2v) is 6.57. The van der Waals surface area contributed by atoms with Crippen molar-refractivity contribution in [2.45, 2.75) is 24.9 Å². The van der Waals surface area contributed by atoms with Gasteiger partial charge in [0, 0.05) is 25.7 Å². The van der Waals surface area contributed by atoms with Crippen molar-refractivity contribution in [3.8, 4) is 5.75 Å². The van der Waals surface area contributed by atoms with Crippen LogP contribution in [0.15, 0.2) is 48.7 Å². The van der Waals surface area contributed by atoms with Crippen LogP contribution in [0.5, 0.6) is 5.75 Å². The lowest BCUT2D eigenvalue weighted by Crippen LogP contribution is -2.43. The summed E-state index contributed by atoms with van der Waals surface area (Å²) in [6, 6.07) is 14.3. The van der Waals surface area contributed by atoms with Crippen molar-refractivity contribution in [3.05, 3.63) is 59.9 Å². The molecule has 2 fully saturated rings. The number of aromatic nitrogens is 1. The summed E-state index contributed by atoms with van der Waals surface area (Å²) < 4.78 is 6.37. The molecule has 0 amide bonds. The third kappa shape index (κ3) is 3.30. The largest absolute Gasteiger partial charge is 0.486 e. The number of benzene rings is 1. The van der Waals surface area contributed by atoms with Gasteiger partial charge in [-0.2, -0.15) is 0 Å². The molecule has 2 saturated heterocycles. The molecule has 0 spiro atoms. The van der Waals surface area contributed by atoms with Crippen LogP contribution in [0.4, 0.5) is 0 Å². The zero-order valence-electron chi connectivity index (χ0n) is 13.3. The fraction of sp³-hybridized carbons (Fsp3) is 0.350. The Hall–Kier alpha value is -2.13. The maximum absolute atomic E-state index is 6.37. The average molecular weight is 306 g/mol. The third-order valence-electron chi connectivity index (χ3n) is 4.85. The van der Waals surface area contributed by atoms with Crippen molar-refractivity contribution in [2.75, 3.05) is 19.6 Å². The van der Waals surface area contributed by atoms with Gasteiger partial charge in [-0.1, -0.05) is 24.3 Å². The van der Waals surface area contributed by atoms with E-state index in [1.165, 1.54) is 25.9 Å². The van der Waals surface area contributed by atoms with Crippen molar-refractivity contribution in [1.82, 2.24) is 9.88 Å². The van der Waals surface area contributed by atoms with Gasteiger partial charge in [-0.25, -0.2) is 0 Å². The van der Waals surface area contributed by atoms with E-state index in [4.69, 9.17) is 4.74 Å². The van der Waals surface area contributed by atoms with E-state index in [0.717, 1.165) is 30.0 Å². The van der Waals surface area contributed by atoms with Crippen LogP contribution in [-0.2, 0) is 0 Å². The first-order valence-electron chi connectivity index (χ1n) is 8.42. The number of nitrogens with zero attached hydrogens (tertiary/aromatic N) is 2. The molecule has 118 valence electrons. The highest BCUT2D eigenvalue weighted by Gasteiger charge is 2.42. The molecule has 3 heterocycles.